The summed E-state index contributed by atoms with van der Waals surface area (Å²) in [6.07, 6.45) is 20.3. The normalized spacial score (nSPS) is 16.2. The predicted molar refractivity (Wildman–Crippen MR) is 323 cm³/mol. The number of hydrogen-bond donors (Lipinski definition) is 0. The van der Waals surface area contributed by atoms with E-state index in [0.717, 1.165) is 75.4 Å². The van der Waals surface area contributed by atoms with Gasteiger partial charge in [-0.25, -0.2) is 0 Å². The molecule has 0 heterocycles. The van der Waals surface area contributed by atoms with Crippen molar-refractivity contribution < 1.29 is 0 Å². The molecule has 8 aromatic rings. The van der Waals surface area contributed by atoms with Crippen LogP contribution in [0.3, 0.4) is 0 Å². The zero-order valence-corrected chi connectivity index (χ0v) is 43.4. The standard InChI is InChI=1S/C72H62N4/c1-7-27-52(6)73(53(10-4)28-8-2)60-40-44-64-66-46-42-62(75(56-32-19-13-20-33-56)57-34-21-14-22-35-57)50-70(66)72(68(64)48-60)69-49-61(74(54(11-5)29-9-3)55-30-17-12-18-31-55)41-45-65(69)67-47-43-63(51-71(67)72)76(58-36-23-15-24-37-58)59-38-25-16-26-39-59/h7-9,11-47,49-51,68H,2-3,5-6,10,48H2,1,4H3. The lowest BCUT2D eigenvalue weighted by atomic mass is 9.64. The van der Waals surface area contributed by atoms with Gasteiger partial charge in [-0.05, 0) is 186 Å². The van der Waals surface area contributed by atoms with Gasteiger partial charge in [-0.2, -0.15) is 0 Å². The van der Waals surface area contributed by atoms with E-state index < -0.39 is 5.41 Å². The Bertz CT molecular complexity index is 3560. The summed E-state index contributed by atoms with van der Waals surface area (Å²) in [5.74, 6) is -0.0532. The van der Waals surface area contributed by atoms with Crippen molar-refractivity contribution in [3.63, 3.8) is 0 Å². The third-order valence-electron chi connectivity index (χ3n) is 15.1. The van der Waals surface area contributed by atoms with Gasteiger partial charge in [-0.3, -0.25) is 0 Å². The molecule has 3 aliphatic rings. The van der Waals surface area contributed by atoms with Gasteiger partial charge in [0.1, 0.15) is 0 Å². The van der Waals surface area contributed by atoms with Crippen LogP contribution in [-0.2, 0) is 5.41 Å². The largest absolute Gasteiger partial charge is 0.319 e. The van der Waals surface area contributed by atoms with Crippen LogP contribution in [0.5, 0.6) is 0 Å². The second kappa shape index (κ2) is 21.2. The molecule has 8 aromatic carbocycles. The first-order chi connectivity index (χ1) is 37.4. The number of nitrogens with zero attached hydrogens (tertiary/aromatic N) is 4. The third kappa shape index (κ3) is 8.48. The minimum absolute atomic E-state index is 0.0532. The van der Waals surface area contributed by atoms with Crippen molar-refractivity contribution in [3.05, 3.63) is 332 Å². The lowest BCUT2D eigenvalue weighted by molar-refractivity contribution is 0.420. The quantitative estimate of drug-likeness (QED) is 0.0843. The molecule has 4 nitrogen and oxygen atoms in total. The number of allylic oxidation sites excluding steroid dienone is 12. The lowest BCUT2D eigenvalue weighted by Gasteiger charge is -2.41. The van der Waals surface area contributed by atoms with E-state index in [1.165, 1.54) is 44.7 Å². The maximum Gasteiger partial charge on any atom is 0.0544 e. The highest BCUT2D eigenvalue weighted by Crippen LogP contribution is 2.67. The Morgan fingerprint density at radius 2 is 0.947 bits per heavy atom. The molecule has 0 radical (unpaired) electrons. The van der Waals surface area contributed by atoms with E-state index in [4.69, 9.17) is 6.58 Å². The lowest BCUT2D eigenvalue weighted by Crippen LogP contribution is -2.35. The average molecular weight is 983 g/mol. The first-order valence-corrected chi connectivity index (χ1v) is 26.3. The zero-order chi connectivity index (χ0) is 52.2. The molecule has 4 heteroatoms. The smallest absolute Gasteiger partial charge is 0.0544 e. The first-order valence-electron chi connectivity index (χ1n) is 26.3. The van der Waals surface area contributed by atoms with Gasteiger partial charge in [-0.15, -0.1) is 0 Å². The van der Waals surface area contributed by atoms with E-state index in [1.54, 1.807) is 0 Å². The predicted octanol–water partition coefficient (Wildman–Crippen LogP) is 19.5. The molecule has 0 fully saturated rings. The summed E-state index contributed by atoms with van der Waals surface area (Å²) in [6, 6.07) is 75.1. The Labute approximate surface area is 449 Å². The molecule has 0 aliphatic heterocycles. The average Bonchev–Trinajstić information content (AvgIpc) is 4.13. The van der Waals surface area contributed by atoms with Gasteiger partial charge < -0.3 is 19.6 Å². The molecule has 0 N–H and O–H groups in total. The summed E-state index contributed by atoms with van der Waals surface area (Å²) in [5.41, 5.74) is 20.8. The molecule has 0 amide bonds. The number of fused-ring (bicyclic) bond motifs is 10. The Morgan fingerprint density at radius 1 is 0.513 bits per heavy atom. The number of benzene rings is 8. The van der Waals surface area contributed by atoms with Crippen LogP contribution in [0.15, 0.2) is 310 Å². The van der Waals surface area contributed by atoms with E-state index in [9.17, 15) is 0 Å². The van der Waals surface area contributed by atoms with Crippen LogP contribution in [0.4, 0.5) is 45.5 Å². The van der Waals surface area contributed by atoms with Gasteiger partial charge in [0.2, 0.25) is 0 Å². The van der Waals surface area contributed by atoms with Crippen LogP contribution in [0.2, 0.25) is 0 Å². The molecule has 11 rings (SSSR count). The highest BCUT2D eigenvalue weighted by Gasteiger charge is 2.57. The Kier molecular flexibility index (Phi) is 13.6. The minimum atomic E-state index is -0.716. The number of para-hydroxylation sites is 5. The molecule has 0 saturated heterocycles. The Balaban J connectivity index is 1.25. The van der Waals surface area contributed by atoms with Crippen molar-refractivity contribution in [1.29, 1.82) is 0 Å². The molecule has 76 heavy (non-hydrogen) atoms. The van der Waals surface area contributed by atoms with Crippen molar-refractivity contribution >= 4 is 51.1 Å². The summed E-state index contributed by atoms with van der Waals surface area (Å²) in [4.78, 5) is 9.47. The Hall–Kier alpha value is -9.38. The summed E-state index contributed by atoms with van der Waals surface area (Å²) < 4.78 is 0. The third-order valence-corrected chi connectivity index (χ3v) is 15.1. The van der Waals surface area contributed by atoms with Crippen molar-refractivity contribution in [3.8, 4) is 11.1 Å². The first kappa shape index (κ1) is 48.9. The second-order valence-electron chi connectivity index (χ2n) is 19.3. The minimum Gasteiger partial charge on any atom is -0.319 e. The van der Waals surface area contributed by atoms with Crippen LogP contribution in [0.25, 0.3) is 16.7 Å². The van der Waals surface area contributed by atoms with Crippen LogP contribution < -0.4 is 14.7 Å². The van der Waals surface area contributed by atoms with Crippen molar-refractivity contribution in [2.75, 3.05) is 14.7 Å². The molecule has 370 valence electrons. The van der Waals surface area contributed by atoms with Crippen molar-refractivity contribution in [2.24, 2.45) is 5.92 Å². The number of hydrogen-bond acceptors (Lipinski definition) is 4. The van der Waals surface area contributed by atoms with Gasteiger partial charge in [0.25, 0.3) is 0 Å². The molecule has 0 saturated carbocycles. The SMILES string of the molecule is C=CC=C(CC)N(C(=C)C=CC)C1=CC=C2c3ccc(N(c4ccccc4)c4ccccc4)cc3C3(c4cc(N(C(C=C)=CC=C)c5ccccc5)ccc4-c4ccc(N(c5ccccc5)c5ccccc5)cc43)C2C1. The highest BCUT2D eigenvalue weighted by atomic mass is 15.2. The van der Waals surface area contributed by atoms with Gasteiger partial charge in [0.05, 0.1) is 5.41 Å². The van der Waals surface area contributed by atoms with Crippen LogP contribution in [0, 0.1) is 5.92 Å². The van der Waals surface area contributed by atoms with E-state index in [2.05, 4.69) is 290 Å². The summed E-state index contributed by atoms with van der Waals surface area (Å²) in [7, 11) is 0. The topological polar surface area (TPSA) is 13.0 Å². The highest BCUT2D eigenvalue weighted by molar-refractivity contribution is 5.96. The summed E-state index contributed by atoms with van der Waals surface area (Å²) in [6.45, 7) is 21.6. The molecular weight excluding hydrogens is 921 g/mol. The maximum absolute atomic E-state index is 4.70. The molecule has 1 spiro atoms. The number of anilines is 8. The van der Waals surface area contributed by atoms with Gasteiger partial charge >= 0.3 is 0 Å². The number of rotatable bonds is 17. The summed E-state index contributed by atoms with van der Waals surface area (Å²) in [5, 5.41) is 0. The second-order valence-corrected chi connectivity index (χ2v) is 19.3. The monoisotopic (exact) mass is 982 g/mol. The van der Waals surface area contributed by atoms with Crippen molar-refractivity contribution in [2.45, 2.75) is 32.1 Å². The fourth-order valence-electron chi connectivity index (χ4n) is 12.1. The molecule has 0 aromatic heterocycles. The molecule has 0 bridgehead atoms. The van der Waals surface area contributed by atoms with Gasteiger partial charge in [-0.1, -0.05) is 167 Å². The fourth-order valence-corrected chi connectivity index (χ4v) is 12.1. The summed E-state index contributed by atoms with van der Waals surface area (Å²) >= 11 is 0. The zero-order valence-electron chi connectivity index (χ0n) is 43.4. The van der Waals surface area contributed by atoms with Crippen LogP contribution in [-0.4, -0.2) is 4.90 Å². The van der Waals surface area contributed by atoms with Crippen LogP contribution >= 0.6 is 0 Å². The molecule has 2 unspecified atom stereocenters. The molecular formula is C72H62N4. The van der Waals surface area contributed by atoms with E-state index in [0.29, 0.717) is 0 Å². The maximum atomic E-state index is 4.70. The molecule has 2 atom stereocenters. The molecule has 3 aliphatic carbocycles. The van der Waals surface area contributed by atoms with E-state index in [1.807, 2.05) is 24.3 Å². The fraction of sp³-hybridized carbons (Fsp3) is 0.0833. The van der Waals surface area contributed by atoms with E-state index >= 15 is 0 Å². The van der Waals surface area contributed by atoms with Crippen LogP contribution in [0.1, 0.15) is 48.9 Å². The van der Waals surface area contributed by atoms with E-state index in [-0.39, 0.29) is 5.92 Å². The Morgan fingerprint density at radius 3 is 1.39 bits per heavy atom. The van der Waals surface area contributed by atoms with Gasteiger partial charge in [0.15, 0.2) is 0 Å². The van der Waals surface area contributed by atoms with Gasteiger partial charge in [0, 0.05) is 74.2 Å². The van der Waals surface area contributed by atoms with Crippen molar-refractivity contribution in [1.82, 2.24) is 4.90 Å².